The van der Waals surface area contributed by atoms with E-state index in [2.05, 4.69) is 17.1 Å². The van der Waals surface area contributed by atoms with E-state index in [-0.39, 0.29) is 22.5 Å². The Morgan fingerprint density at radius 1 is 1.29 bits per heavy atom. The fourth-order valence-corrected chi connectivity index (χ4v) is 4.86. The molecule has 0 bridgehead atoms. The number of hydrogen-bond acceptors (Lipinski definition) is 5. The van der Waals surface area contributed by atoms with Crippen molar-refractivity contribution in [2.24, 2.45) is 5.92 Å². The Morgan fingerprint density at radius 2 is 2.11 bits per heavy atom. The molecule has 1 aliphatic rings. The van der Waals surface area contributed by atoms with E-state index >= 15 is 0 Å². The number of amides is 1. The predicted molar refractivity (Wildman–Crippen MR) is 111 cm³/mol. The van der Waals surface area contributed by atoms with Crippen molar-refractivity contribution in [2.75, 3.05) is 39.0 Å². The number of carbonyl (C=O) groups is 1. The predicted octanol–water partition coefficient (Wildman–Crippen LogP) is 2.88. The molecule has 1 N–H and O–H groups in total. The van der Waals surface area contributed by atoms with Crippen LogP contribution in [0.3, 0.4) is 0 Å². The van der Waals surface area contributed by atoms with Gasteiger partial charge in [-0.15, -0.1) is 0 Å². The van der Waals surface area contributed by atoms with Gasteiger partial charge >= 0.3 is 0 Å². The maximum atomic E-state index is 12.6. The first-order chi connectivity index (χ1) is 13.5. The molecule has 28 heavy (non-hydrogen) atoms. The number of rotatable bonds is 11. The van der Waals surface area contributed by atoms with Gasteiger partial charge in [0.05, 0.1) is 23.7 Å². The lowest BCUT2D eigenvalue weighted by Gasteiger charge is -2.31. The van der Waals surface area contributed by atoms with Crippen LogP contribution in [0.5, 0.6) is 5.75 Å². The maximum Gasteiger partial charge on any atom is 0.224 e. The Bertz CT molecular complexity index is 721. The number of carbonyl (C=O) groups excluding carboxylic acids is 1. The van der Waals surface area contributed by atoms with Crippen molar-refractivity contribution >= 4 is 15.7 Å². The Hall–Kier alpha value is -1.60. The van der Waals surface area contributed by atoms with Crippen LogP contribution in [0.2, 0.25) is 0 Å². The van der Waals surface area contributed by atoms with E-state index in [1.54, 1.807) is 24.3 Å². The van der Waals surface area contributed by atoms with Crippen molar-refractivity contribution in [3.05, 3.63) is 24.3 Å². The largest absolute Gasteiger partial charge is 0.497 e. The minimum absolute atomic E-state index is 0.0422. The molecule has 1 aromatic rings. The van der Waals surface area contributed by atoms with E-state index in [1.165, 1.54) is 20.0 Å². The molecule has 1 unspecified atom stereocenters. The van der Waals surface area contributed by atoms with Crippen molar-refractivity contribution in [1.82, 2.24) is 10.2 Å². The highest BCUT2D eigenvalue weighted by Crippen LogP contribution is 2.20. The molecule has 158 valence electrons. The van der Waals surface area contributed by atoms with Crippen molar-refractivity contribution in [1.29, 1.82) is 0 Å². The van der Waals surface area contributed by atoms with Gasteiger partial charge in [-0.1, -0.05) is 32.3 Å². The van der Waals surface area contributed by atoms with Gasteiger partial charge in [0.15, 0.2) is 9.84 Å². The Labute approximate surface area is 169 Å². The lowest BCUT2D eigenvalue weighted by Crippen LogP contribution is -2.44. The summed E-state index contributed by atoms with van der Waals surface area (Å²) in [7, 11) is -1.85. The number of nitrogens with zero attached hydrogens (tertiary/aromatic N) is 1. The molecule has 1 fully saturated rings. The molecule has 0 aliphatic carbocycles. The van der Waals surface area contributed by atoms with Gasteiger partial charge in [0.1, 0.15) is 5.75 Å². The van der Waals surface area contributed by atoms with Crippen molar-refractivity contribution in [3.63, 3.8) is 0 Å². The van der Waals surface area contributed by atoms with Gasteiger partial charge in [0.2, 0.25) is 5.91 Å². The first-order valence-electron chi connectivity index (χ1n) is 10.3. The number of likely N-dealkylation sites (tertiary alicyclic amines) is 1. The van der Waals surface area contributed by atoms with Crippen LogP contribution in [0.4, 0.5) is 0 Å². The quantitative estimate of drug-likeness (QED) is 0.568. The highest BCUT2D eigenvalue weighted by molar-refractivity contribution is 7.91. The van der Waals surface area contributed by atoms with E-state index in [0.29, 0.717) is 18.8 Å². The molecule has 1 aromatic carbocycles. The number of methoxy groups -OCH3 is 1. The second kappa shape index (κ2) is 11.4. The smallest absolute Gasteiger partial charge is 0.224 e. The zero-order chi connectivity index (χ0) is 20.4. The third-order valence-corrected chi connectivity index (χ3v) is 6.97. The molecule has 1 atom stereocenters. The first kappa shape index (κ1) is 22.7. The van der Waals surface area contributed by atoms with Crippen LogP contribution in [-0.2, 0) is 14.6 Å². The van der Waals surface area contributed by atoms with Crippen molar-refractivity contribution in [3.8, 4) is 5.75 Å². The number of sulfone groups is 1. The summed E-state index contributed by atoms with van der Waals surface area (Å²) in [6.07, 6.45) is 6.36. The van der Waals surface area contributed by atoms with E-state index in [4.69, 9.17) is 4.74 Å². The van der Waals surface area contributed by atoms with Gasteiger partial charge in [-0.25, -0.2) is 8.42 Å². The summed E-state index contributed by atoms with van der Waals surface area (Å²) in [6.45, 7) is 4.82. The van der Waals surface area contributed by atoms with Gasteiger partial charge in [-0.05, 0) is 44.0 Å². The summed E-state index contributed by atoms with van der Waals surface area (Å²) in [5, 5.41) is 3.04. The van der Waals surface area contributed by atoms with Crippen LogP contribution < -0.4 is 10.1 Å². The molecule has 6 nitrogen and oxygen atoms in total. The lowest BCUT2D eigenvalue weighted by atomic mass is 9.97. The second-order valence-corrected chi connectivity index (χ2v) is 9.60. The maximum absolute atomic E-state index is 12.6. The van der Waals surface area contributed by atoms with Gasteiger partial charge < -0.3 is 15.0 Å². The third kappa shape index (κ3) is 7.09. The minimum Gasteiger partial charge on any atom is -0.497 e. The second-order valence-electron chi connectivity index (χ2n) is 7.49. The van der Waals surface area contributed by atoms with Gasteiger partial charge in [0.25, 0.3) is 0 Å². The SMILES string of the molecule is CCCCCCNC(=O)C1CCCN(CCS(=O)(=O)c2cccc(OC)c2)C1. The molecule has 2 rings (SSSR count). The first-order valence-corrected chi connectivity index (χ1v) is 12.0. The van der Waals surface area contributed by atoms with Crippen LogP contribution in [-0.4, -0.2) is 58.3 Å². The minimum atomic E-state index is -3.38. The number of ether oxygens (including phenoxy) is 1. The highest BCUT2D eigenvalue weighted by Gasteiger charge is 2.26. The number of nitrogens with one attached hydrogen (secondary N) is 1. The molecule has 1 aliphatic heterocycles. The summed E-state index contributed by atoms with van der Waals surface area (Å²) in [5.41, 5.74) is 0. The summed E-state index contributed by atoms with van der Waals surface area (Å²) >= 11 is 0. The Kier molecular flexibility index (Phi) is 9.25. The van der Waals surface area contributed by atoms with E-state index in [0.717, 1.165) is 38.8 Å². The molecule has 1 saturated heterocycles. The van der Waals surface area contributed by atoms with Crippen molar-refractivity contribution in [2.45, 2.75) is 50.3 Å². The van der Waals surface area contributed by atoms with Gasteiger partial charge in [0, 0.05) is 19.6 Å². The molecule has 0 saturated carbocycles. The fourth-order valence-electron chi connectivity index (χ4n) is 3.54. The number of benzene rings is 1. The monoisotopic (exact) mass is 410 g/mol. The Balaban J connectivity index is 1.81. The lowest BCUT2D eigenvalue weighted by molar-refractivity contribution is -0.126. The van der Waals surface area contributed by atoms with E-state index in [1.807, 2.05) is 0 Å². The number of piperidine rings is 1. The highest BCUT2D eigenvalue weighted by atomic mass is 32.2. The number of unbranched alkanes of at least 4 members (excludes halogenated alkanes) is 3. The van der Waals surface area contributed by atoms with Crippen molar-refractivity contribution < 1.29 is 17.9 Å². The standard InChI is InChI=1S/C21H34N2O4S/c1-3-4-5-6-12-22-21(24)18-9-8-13-23(17-18)14-15-28(25,26)20-11-7-10-19(16-20)27-2/h7,10-11,16,18H,3-6,8-9,12-15,17H2,1-2H3,(H,22,24). The summed E-state index contributed by atoms with van der Waals surface area (Å²) in [6, 6.07) is 6.58. The average Bonchev–Trinajstić information content (AvgIpc) is 2.72. The van der Waals surface area contributed by atoms with Crippen LogP contribution in [0.25, 0.3) is 0 Å². The molecule has 0 aromatic heterocycles. The van der Waals surface area contributed by atoms with Crippen LogP contribution in [0.1, 0.15) is 45.4 Å². The molecule has 7 heteroatoms. The Morgan fingerprint density at radius 3 is 2.86 bits per heavy atom. The molecule has 1 heterocycles. The summed E-state index contributed by atoms with van der Waals surface area (Å²) < 4.78 is 30.4. The number of hydrogen-bond donors (Lipinski definition) is 1. The van der Waals surface area contributed by atoms with Crippen LogP contribution >= 0.6 is 0 Å². The fraction of sp³-hybridized carbons (Fsp3) is 0.667. The molecule has 1 amide bonds. The van der Waals surface area contributed by atoms with Gasteiger partial charge in [-0.2, -0.15) is 0 Å². The normalized spacial score (nSPS) is 18.0. The topological polar surface area (TPSA) is 75.7 Å². The summed E-state index contributed by atoms with van der Waals surface area (Å²) in [5.74, 6) is 0.650. The van der Waals surface area contributed by atoms with Crippen LogP contribution in [0, 0.1) is 5.92 Å². The molecular weight excluding hydrogens is 376 g/mol. The van der Waals surface area contributed by atoms with E-state index in [9.17, 15) is 13.2 Å². The van der Waals surface area contributed by atoms with Crippen LogP contribution in [0.15, 0.2) is 29.2 Å². The molecular formula is C21H34N2O4S. The summed E-state index contributed by atoms with van der Waals surface area (Å²) in [4.78, 5) is 14.8. The van der Waals surface area contributed by atoms with E-state index < -0.39 is 9.84 Å². The average molecular weight is 411 g/mol. The zero-order valence-electron chi connectivity index (χ0n) is 17.2. The molecule has 0 spiro atoms. The third-order valence-electron chi connectivity index (χ3n) is 5.28. The van der Waals surface area contributed by atoms with Gasteiger partial charge in [-0.3, -0.25) is 4.79 Å². The molecule has 0 radical (unpaired) electrons. The zero-order valence-corrected chi connectivity index (χ0v) is 18.0.